The second kappa shape index (κ2) is 6.04. The maximum absolute atomic E-state index is 11.6. The van der Waals surface area contributed by atoms with Crippen molar-refractivity contribution in [2.45, 2.75) is 44.8 Å². The molecule has 0 radical (unpaired) electrons. The first-order valence-electron chi connectivity index (χ1n) is 6.67. The van der Waals surface area contributed by atoms with E-state index in [9.17, 15) is 9.90 Å². The number of rotatable bonds is 5. The Bertz CT molecular complexity index is 373. The number of hydrogen-bond donors (Lipinski definition) is 1. The van der Waals surface area contributed by atoms with Crippen molar-refractivity contribution in [1.29, 1.82) is 0 Å². The highest BCUT2D eigenvalue weighted by Crippen LogP contribution is 2.39. The lowest BCUT2D eigenvalue weighted by Gasteiger charge is -2.42. The maximum atomic E-state index is 11.6. The second-order valence-electron chi connectivity index (χ2n) is 6.21. The van der Waals surface area contributed by atoms with Crippen molar-refractivity contribution < 1.29 is 9.90 Å². The molecule has 0 aromatic heterocycles. The monoisotopic (exact) mass is 283 g/mol. The average molecular weight is 283 g/mol. The predicted octanol–water partition coefficient (Wildman–Crippen LogP) is 3.73. The van der Waals surface area contributed by atoms with E-state index in [4.69, 9.17) is 0 Å². The molecule has 0 aliphatic carbocycles. The van der Waals surface area contributed by atoms with E-state index < -0.39 is 11.4 Å². The van der Waals surface area contributed by atoms with Gasteiger partial charge in [0.1, 0.15) is 0 Å². The molecule has 1 unspecified atom stereocenters. The molecule has 1 aliphatic heterocycles. The van der Waals surface area contributed by atoms with Gasteiger partial charge in [-0.25, -0.2) is 0 Å². The number of thioether (sulfide) groups is 1. The summed E-state index contributed by atoms with van der Waals surface area (Å²) in [6.07, 6.45) is 3.85. The lowest BCUT2D eigenvalue weighted by atomic mass is 9.77. The van der Waals surface area contributed by atoms with E-state index in [1.165, 1.54) is 0 Å². The quantitative estimate of drug-likeness (QED) is 0.780. The minimum atomic E-state index is -0.717. The van der Waals surface area contributed by atoms with Crippen molar-refractivity contribution in [2.24, 2.45) is 5.41 Å². The molecule has 19 heavy (non-hydrogen) atoms. The van der Waals surface area contributed by atoms with Gasteiger partial charge in [0.25, 0.3) is 0 Å². The third-order valence-corrected chi connectivity index (χ3v) is 4.45. The molecule has 1 aliphatic rings. The van der Waals surface area contributed by atoms with E-state index in [1.54, 1.807) is 17.8 Å². The summed E-state index contributed by atoms with van der Waals surface area (Å²) in [5.41, 5.74) is -0.693. The second-order valence-corrected chi connectivity index (χ2v) is 8.11. The highest BCUT2D eigenvalue weighted by Gasteiger charge is 2.41. The molecule has 0 aromatic carbocycles. The van der Waals surface area contributed by atoms with Crippen molar-refractivity contribution in [2.75, 3.05) is 13.1 Å². The van der Waals surface area contributed by atoms with Crippen molar-refractivity contribution in [3.8, 4) is 0 Å². The molecule has 0 bridgehead atoms. The van der Waals surface area contributed by atoms with Gasteiger partial charge in [-0.1, -0.05) is 33.4 Å². The molecular weight excluding hydrogens is 258 g/mol. The van der Waals surface area contributed by atoms with Gasteiger partial charge in [-0.05, 0) is 19.3 Å². The molecular formula is C15H25NO2S. The number of nitrogens with zero attached hydrogens (tertiary/aromatic N) is 1. The molecule has 1 N–H and O–H groups in total. The first kappa shape index (κ1) is 16.2. The normalized spacial score (nSPS) is 24.1. The Morgan fingerprint density at radius 1 is 1.53 bits per heavy atom. The first-order chi connectivity index (χ1) is 8.70. The number of aliphatic carboxylic acids is 1. The Balaban J connectivity index is 2.80. The lowest BCUT2D eigenvalue weighted by Crippen LogP contribution is -2.47. The fourth-order valence-corrected chi connectivity index (χ4v) is 3.46. The van der Waals surface area contributed by atoms with Gasteiger partial charge in [0.05, 0.1) is 10.4 Å². The van der Waals surface area contributed by atoms with E-state index in [-0.39, 0.29) is 4.75 Å². The number of piperidine rings is 1. The number of carboxylic acids is 1. The van der Waals surface area contributed by atoms with Crippen LogP contribution in [0.3, 0.4) is 0 Å². The Kier molecular flexibility index (Phi) is 5.13. The standard InChI is InChI=1S/C15H25NO2S/c1-6-8-15(13(17)18)9-7-10-16(11-15)12(2)19-14(3,4)5/h6H,1-2,7-11H2,3-5H3,(H,17,18). The fraction of sp³-hybridized carbons (Fsp3) is 0.667. The van der Waals surface area contributed by atoms with E-state index in [0.717, 1.165) is 24.4 Å². The zero-order valence-corrected chi connectivity index (χ0v) is 13.1. The third kappa shape index (κ3) is 4.30. The van der Waals surface area contributed by atoms with Crippen molar-refractivity contribution in [3.05, 3.63) is 24.3 Å². The van der Waals surface area contributed by atoms with Crippen molar-refractivity contribution in [1.82, 2.24) is 4.90 Å². The Morgan fingerprint density at radius 3 is 2.63 bits per heavy atom. The molecule has 4 heteroatoms. The van der Waals surface area contributed by atoms with Crippen LogP contribution in [0.2, 0.25) is 0 Å². The largest absolute Gasteiger partial charge is 0.481 e. The molecule has 1 rings (SSSR count). The van der Waals surface area contributed by atoms with Crippen LogP contribution in [0.25, 0.3) is 0 Å². The fourth-order valence-electron chi connectivity index (χ4n) is 2.47. The summed E-state index contributed by atoms with van der Waals surface area (Å²) in [5.74, 6) is -0.717. The minimum absolute atomic E-state index is 0.0961. The molecule has 0 amide bonds. The number of likely N-dealkylation sites (tertiary alicyclic amines) is 1. The molecule has 1 atom stereocenters. The van der Waals surface area contributed by atoms with Crippen LogP contribution in [-0.2, 0) is 4.79 Å². The van der Waals surface area contributed by atoms with Gasteiger partial charge < -0.3 is 10.0 Å². The molecule has 3 nitrogen and oxygen atoms in total. The van der Waals surface area contributed by atoms with Crippen LogP contribution in [0.5, 0.6) is 0 Å². The molecule has 1 heterocycles. The van der Waals surface area contributed by atoms with E-state index in [2.05, 4.69) is 38.8 Å². The van der Waals surface area contributed by atoms with E-state index in [1.807, 2.05) is 0 Å². The van der Waals surface area contributed by atoms with Gasteiger partial charge in [-0.3, -0.25) is 4.79 Å². The maximum Gasteiger partial charge on any atom is 0.311 e. The summed E-state index contributed by atoms with van der Waals surface area (Å²) < 4.78 is 0.0961. The third-order valence-electron chi connectivity index (χ3n) is 3.34. The summed E-state index contributed by atoms with van der Waals surface area (Å²) in [7, 11) is 0. The Labute approximate surface area is 120 Å². The molecule has 0 aromatic rings. The molecule has 0 spiro atoms. The number of carboxylic acid groups (broad SMARTS) is 1. The van der Waals surface area contributed by atoms with Gasteiger partial charge >= 0.3 is 5.97 Å². The van der Waals surface area contributed by atoms with Gasteiger partial charge in [0.2, 0.25) is 0 Å². The van der Waals surface area contributed by atoms with Crippen molar-refractivity contribution in [3.63, 3.8) is 0 Å². The minimum Gasteiger partial charge on any atom is -0.481 e. The van der Waals surface area contributed by atoms with Gasteiger partial charge in [0.15, 0.2) is 0 Å². The zero-order valence-electron chi connectivity index (χ0n) is 12.2. The van der Waals surface area contributed by atoms with Crippen LogP contribution >= 0.6 is 11.8 Å². The lowest BCUT2D eigenvalue weighted by molar-refractivity contribution is -0.151. The Morgan fingerprint density at radius 2 is 2.16 bits per heavy atom. The number of hydrogen-bond acceptors (Lipinski definition) is 3. The summed E-state index contributed by atoms with van der Waals surface area (Å²) in [6.45, 7) is 15.7. The van der Waals surface area contributed by atoms with Crippen LogP contribution in [0.4, 0.5) is 0 Å². The van der Waals surface area contributed by atoms with Crippen LogP contribution in [-0.4, -0.2) is 33.8 Å². The van der Waals surface area contributed by atoms with Gasteiger partial charge in [-0.15, -0.1) is 18.3 Å². The summed E-state index contributed by atoms with van der Waals surface area (Å²) in [4.78, 5) is 13.7. The van der Waals surface area contributed by atoms with E-state index in [0.29, 0.717) is 13.0 Å². The molecule has 108 valence electrons. The highest BCUT2D eigenvalue weighted by atomic mass is 32.2. The van der Waals surface area contributed by atoms with Gasteiger partial charge in [0, 0.05) is 17.8 Å². The average Bonchev–Trinajstić information content (AvgIpc) is 2.27. The van der Waals surface area contributed by atoms with Crippen LogP contribution in [0.1, 0.15) is 40.0 Å². The molecule has 0 saturated carbocycles. The van der Waals surface area contributed by atoms with Crippen LogP contribution < -0.4 is 0 Å². The predicted molar refractivity (Wildman–Crippen MR) is 82.2 cm³/mol. The summed E-state index contributed by atoms with van der Waals surface area (Å²) in [6, 6.07) is 0. The van der Waals surface area contributed by atoms with Crippen LogP contribution in [0, 0.1) is 5.41 Å². The molecule has 1 saturated heterocycles. The SMILES string of the molecule is C=CCC1(C(=O)O)CCCN(C(=C)SC(C)(C)C)C1. The van der Waals surface area contributed by atoms with Gasteiger partial charge in [-0.2, -0.15) is 0 Å². The smallest absolute Gasteiger partial charge is 0.311 e. The molecule has 1 fully saturated rings. The summed E-state index contributed by atoms with van der Waals surface area (Å²) in [5, 5.41) is 10.5. The van der Waals surface area contributed by atoms with E-state index >= 15 is 0 Å². The zero-order chi connectivity index (χ0) is 14.7. The Hall–Kier alpha value is -0.900. The first-order valence-corrected chi connectivity index (χ1v) is 7.49. The van der Waals surface area contributed by atoms with Crippen molar-refractivity contribution >= 4 is 17.7 Å². The summed E-state index contributed by atoms with van der Waals surface area (Å²) >= 11 is 1.71. The highest BCUT2D eigenvalue weighted by molar-refractivity contribution is 8.04. The van der Waals surface area contributed by atoms with Crippen LogP contribution in [0.15, 0.2) is 24.3 Å². The number of carbonyl (C=O) groups is 1. The number of allylic oxidation sites excluding steroid dienone is 1. The topological polar surface area (TPSA) is 40.5 Å².